The summed E-state index contributed by atoms with van der Waals surface area (Å²) in [5, 5.41) is 2.03. The van der Waals surface area contributed by atoms with Crippen LogP contribution in [-0.2, 0) is 9.47 Å². The van der Waals surface area contributed by atoms with Gasteiger partial charge in [0.15, 0.2) is 5.78 Å². The van der Waals surface area contributed by atoms with Crippen molar-refractivity contribution in [1.29, 1.82) is 0 Å². The first-order chi connectivity index (χ1) is 9.65. The lowest BCUT2D eigenvalue weighted by Crippen LogP contribution is -2.21. The quantitative estimate of drug-likeness (QED) is 0.600. The van der Waals surface area contributed by atoms with Crippen molar-refractivity contribution in [2.75, 3.05) is 21.0 Å². The van der Waals surface area contributed by atoms with Crippen molar-refractivity contribution in [3.8, 4) is 5.75 Å². The molecule has 2 aromatic carbocycles. The van der Waals surface area contributed by atoms with Crippen LogP contribution >= 0.6 is 0 Å². The molecule has 0 aliphatic rings. The summed E-state index contributed by atoms with van der Waals surface area (Å²) in [6.45, 7) is 1.83. The Kier molecular flexibility index (Phi) is 4.71. The van der Waals surface area contributed by atoms with Gasteiger partial charge in [0.1, 0.15) is 18.6 Å². The normalized spacial score (nSPS) is 12.3. The Balaban J connectivity index is 2.25. The van der Waals surface area contributed by atoms with E-state index in [1.54, 1.807) is 20.1 Å². The number of ketones is 1. The van der Waals surface area contributed by atoms with Gasteiger partial charge in [0, 0.05) is 12.7 Å². The van der Waals surface area contributed by atoms with Gasteiger partial charge in [0.25, 0.3) is 0 Å². The summed E-state index contributed by atoms with van der Waals surface area (Å²) in [5.74, 6) is 0.744. The van der Waals surface area contributed by atoms with Gasteiger partial charge in [0.05, 0.1) is 7.11 Å². The minimum atomic E-state index is -0.523. The maximum absolute atomic E-state index is 12.2. The van der Waals surface area contributed by atoms with Gasteiger partial charge >= 0.3 is 0 Å². The van der Waals surface area contributed by atoms with Gasteiger partial charge < -0.3 is 14.2 Å². The molecule has 0 amide bonds. The Morgan fingerprint density at radius 3 is 2.50 bits per heavy atom. The van der Waals surface area contributed by atoms with Crippen molar-refractivity contribution < 1.29 is 19.0 Å². The standard InChI is InChI=1S/C16H18O4/c1-11(20-10-18-2)16(17)14-5-4-13-9-15(19-3)7-6-12(13)8-14/h4-9,11H,10H2,1-3H3/t11-/m0/s1. The first-order valence-electron chi connectivity index (χ1n) is 6.38. The van der Waals surface area contributed by atoms with E-state index in [1.807, 2.05) is 30.3 Å². The number of carbonyl (C=O) groups is 1. The summed E-state index contributed by atoms with van der Waals surface area (Å²) in [7, 11) is 3.16. The summed E-state index contributed by atoms with van der Waals surface area (Å²) in [6, 6.07) is 11.3. The van der Waals surface area contributed by atoms with Crippen molar-refractivity contribution >= 4 is 16.6 Å². The second kappa shape index (κ2) is 6.50. The number of benzene rings is 2. The molecule has 20 heavy (non-hydrogen) atoms. The van der Waals surface area contributed by atoms with Crippen molar-refractivity contribution in [1.82, 2.24) is 0 Å². The molecular weight excluding hydrogens is 256 g/mol. The van der Waals surface area contributed by atoms with E-state index in [4.69, 9.17) is 14.2 Å². The third-order valence-electron chi connectivity index (χ3n) is 3.14. The molecule has 0 saturated heterocycles. The van der Waals surface area contributed by atoms with E-state index in [9.17, 15) is 4.79 Å². The van der Waals surface area contributed by atoms with Gasteiger partial charge in [-0.1, -0.05) is 18.2 Å². The number of fused-ring (bicyclic) bond motifs is 1. The first kappa shape index (κ1) is 14.5. The van der Waals surface area contributed by atoms with E-state index in [2.05, 4.69) is 0 Å². The van der Waals surface area contributed by atoms with Crippen molar-refractivity contribution in [3.63, 3.8) is 0 Å². The molecule has 0 bridgehead atoms. The van der Waals surface area contributed by atoms with Crippen LogP contribution in [0.2, 0.25) is 0 Å². The summed E-state index contributed by atoms with van der Waals surface area (Å²) in [5.41, 5.74) is 0.631. The molecule has 0 saturated carbocycles. The fourth-order valence-corrected chi connectivity index (χ4v) is 1.98. The van der Waals surface area contributed by atoms with Gasteiger partial charge in [-0.05, 0) is 35.9 Å². The van der Waals surface area contributed by atoms with Gasteiger partial charge in [-0.3, -0.25) is 4.79 Å². The third kappa shape index (κ3) is 3.15. The van der Waals surface area contributed by atoms with Crippen LogP contribution in [0.1, 0.15) is 17.3 Å². The molecule has 0 N–H and O–H groups in total. The zero-order valence-corrected chi connectivity index (χ0v) is 11.9. The monoisotopic (exact) mass is 274 g/mol. The average Bonchev–Trinajstić information content (AvgIpc) is 2.50. The number of carbonyl (C=O) groups excluding carboxylic acids is 1. The molecule has 0 heterocycles. The minimum absolute atomic E-state index is 0.0558. The van der Waals surface area contributed by atoms with Gasteiger partial charge in [-0.15, -0.1) is 0 Å². The maximum atomic E-state index is 12.2. The van der Waals surface area contributed by atoms with Crippen molar-refractivity contribution in [2.24, 2.45) is 0 Å². The summed E-state index contributed by atoms with van der Waals surface area (Å²) < 4.78 is 15.3. The number of rotatable bonds is 6. The second-order valence-electron chi connectivity index (χ2n) is 4.51. The zero-order valence-electron chi connectivity index (χ0n) is 11.9. The van der Waals surface area contributed by atoms with Crippen LogP contribution in [0.25, 0.3) is 10.8 Å². The van der Waals surface area contributed by atoms with E-state index < -0.39 is 6.10 Å². The molecule has 106 valence electrons. The third-order valence-corrected chi connectivity index (χ3v) is 3.14. The molecule has 2 rings (SSSR count). The number of Topliss-reactive ketones (excluding diaryl/α,β-unsaturated/α-hetero) is 1. The highest BCUT2D eigenvalue weighted by Crippen LogP contribution is 2.22. The Morgan fingerprint density at radius 2 is 1.80 bits per heavy atom. The molecule has 0 aliphatic carbocycles. The van der Waals surface area contributed by atoms with Gasteiger partial charge in [-0.25, -0.2) is 0 Å². The van der Waals surface area contributed by atoms with Crippen molar-refractivity contribution in [3.05, 3.63) is 42.0 Å². The lowest BCUT2D eigenvalue weighted by Gasteiger charge is -2.12. The Labute approximate surface area is 118 Å². The van der Waals surface area contributed by atoms with E-state index in [0.29, 0.717) is 5.56 Å². The molecule has 0 aromatic heterocycles. The Morgan fingerprint density at radius 1 is 1.10 bits per heavy atom. The van der Waals surface area contributed by atoms with E-state index in [-0.39, 0.29) is 12.6 Å². The maximum Gasteiger partial charge on any atom is 0.191 e. The lowest BCUT2D eigenvalue weighted by molar-refractivity contribution is -0.0541. The van der Waals surface area contributed by atoms with Crippen LogP contribution in [0, 0.1) is 0 Å². The summed E-state index contributed by atoms with van der Waals surface area (Å²) in [4.78, 5) is 12.2. The molecule has 0 radical (unpaired) electrons. The van der Waals surface area contributed by atoms with Gasteiger partial charge in [0.2, 0.25) is 0 Å². The molecule has 0 fully saturated rings. The van der Waals surface area contributed by atoms with Crippen LogP contribution in [0.3, 0.4) is 0 Å². The van der Waals surface area contributed by atoms with Crippen LogP contribution < -0.4 is 4.74 Å². The SMILES string of the molecule is COCO[C@@H](C)C(=O)c1ccc2cc(OC)ccc2c1. The highest BCUT2D eigenvalue weighted by molar-refractivity contribution is 6.02. The molecular formula is C16H18O4. The van der Waals surface area contributed by atoms with Crippen LogP contribution in [-0.4, -0.2) is 32.9 Å². The van der Waals surface area contributed by atoms with E-state index in [1.165, 1.54) is 7.11 Å². The predicted molar refractivity (Wildman–Crippen MR) is 77.3 cm³/mol. The molecule has 0 spiro atoms. The van der Waals surface area contributed by atoms with Crippen molar-refractivity contribution in [2.45, 2.75) is 13.0 Å². The number of hydrogen-bond donors (Lipinski definition) is 0. The highest BCUT2D eigenvalue weighted by atomic mass is 16.7. The molecule has 0 aliphatic heterocycles. The minimum Gasteiger partial charge on any atom is -0.497 e. The zero-order chi connectivity index (χ0) is 14.5. The average molecular weight is 274 g/mol. The van der Waals surface area contributed by atoms with E-state index >= 15 is 0 Å². The number of ether oxygens (including phenoxy) is 3. The summed E-state index contributed by atoms with van der Waals surface area (Å²) >= 11 is 0. The van der Waals surface area contributed by atoms with Crippen LogP contribution in [0.5, 0.6) is 5.75 Å². The van der Waals surface area contributed by atoms with Crippen LogP contribution in [0.4, 0.5) is 0 Å². The molecule has 0 unspecified atom stereocenters. The topological polar surface area (TPSA) is 44.8 Å². The lowest BCUT2D eigenvalue weighted by atomic mass is 10.0. The first-order valence-corrected chi connectivity index (χ1v) is 6.38. The fraction of sp³-hybridized carbons (Fsp3) is 0.312. The highest BCUT2D eigenvalue weighted by Gasteiger charge is 2.16. The Bertz CT molecular complexity index is 606. The molecule has 4 nitrogen and oxygen atoms in total. The number of methoxy groups -OCH3 is 2. The number of hydrogen-bond acceptors (Lipinski definition) is 4. The van der Waals surface area contributed by atoms with Crippen LogP contribution in [0.15, 0.2) is 36.4 Å². The largest absolute Gasteiger partial charge is 0.497 e. The molecule has 2 aromatic rings. The fourth-order valence-electron chi connectivity index (χ4n) is 1.98. The molecule has 1 atom stereocenters. The van der Waals surface area contributed by atoms with E-state index in [0.717, 1.165) is 16.5 Å². The second-order valence-corrected chi connectivity index (χ2v) is 4.51. The predicted octanol–water partition coefficient (Wildman–Crippen LogP) is 3.04. The summed E-state index contributed by atoms with van der Waals surface area (Å²) in [6.07, 6.45) is -0.523. The Hall–Kier alpha value is -1.91. The van der Waals surface area contributed by atoms with Gasteiger partial charge in [-0.2, -0.15) is 0 Å². The molecule has 4 heteroatoms. The smallest absolute Gasteiger partial charge is 0.191 e.